The first-order valence-corrected chi connectivity index (χ1v) is 31.2. The fourth-order valence-corrected chi connectivity index (χ4v) is 12.1. The lowest BCUT2D eigenvalue weighted by atomic mass is 9.75. The maximum absolute atomic E-state index is 12.4. The molecule has 13 nitrogen and oxygen atoms in total. The molecule has 0 spiro atoms. The van der Waals surface area contributed by atoms with Gasteiger partial charge in [-0.2, -0.15) is 13.2 Å². The van der Waals surface area contributed by atoms with Crippen molar-refractivity contribution in [2.24, 2.45) is 5.73 Å². The van der Waals surface area contributed by atoms with Crippen molar-refractivity contribution in [1.29, 1.82) is 5.26 Å². The zero-order chi connectivity index (χ0) is 67.9. The van der Waals surface area contributed by atoms with Crippen molar-refractivity contribution in [2.75, 3.05) is 61.9 Å². The van der Waals surface area contributed by atoms with Gasteiger partial charge in [0.2, 0.25) is 11.7 Å². The molecule has 0 bridgehead atoms. The number of aliphatic hydroxyl groups is 1. The number of carboxylic acid groups (broad SMARTS) is 2. The van der Waals surface area contributed by atoms with Crippen molar-refractivity contribution >= 4 is 46.8 Å². The predicted octanol–water partition coefficient (Wildman–Crippen LogP) is 14.5. The van der Waals surface area contributed by atoms with Crippen LogP contribution in [0.1, 0.15) is 137 Å². The van der Waals surface area contributed by atoms with Gasteiger partial charge in [-0.15, -0.1) is 0 Å². The van der Waals surface area contributed by atoms with Gasteiger partial charge in [0.25, 0.3) is 0 Å². The molecule has 8 aromatic rings. The van der Waals surface area contributed by atoms with E-state index in [-0.39, 0.29) is 18.7 Å². The van der Waals surface area contributed by atoms with Crippen LogP contribution in [0.2, 0.25) is 0 Å². The van der Waals surface area contributed by atoms with Gasteiger partial charge in [0.1, 0.15) is 0 Å². The highest BCUT2D eigenvalue weighted by atomic mass is 19.4. The third-order valence-electron chi connectivity index (χ3n) is 16.0. The first-order chi connectivity index (χ1) is 44.9. The van der Waals surface area contributed by atoms with E-state index in [1.807, 2.05) is 50.3 Å². The maximum Gasteiger partial charge on any atom is 0.449 e. The number of Topliss-reactive ketones (excluding diaryl/α,β-unsaturated/α-hetero) is 1. The number of aliphatic carboxylic acids is 2. The molecule has 4 heterocycles. The Morgan fingerprint density at radius 1 is 0.538 bits per heavy atom. The number of benzene rings is 8. The average Bonchev–Trinajstić information content (AvgIpc) is 0.756. The van der Waals surface area contributed by atoms with Crippen molar-refractivity contribution < 1.29 is 47.7 Å². The molecule has 0 aromatic heterocycles. The van der Waals surface area contributed by atoms with E-state index in [9.17, 15) is 37.5 Å². The third kappa shape index (κ3) is 21.9. The number of nitrogens with two attached hydrogens (primary N) is 2. The lowest BCUT2D eigenvalue weighted by Gasteiger charge is -2.43. The number of amides is 1. The number of alkyl halides is 3. The smallest absolute Gasteiger partial charge is 0.449 e. The topological polar surface area (TPSA) is 223 Å². The lowest BCUT2D eigenvalue weighted by Crippen LogP contribution is -2.38. The van der Waals surface area contributed by atoms with Crippen LogP contribution < -0.4 is 26.6 Å². The van der Waals surface area contributed by atoms with Gasteiger partial charge in [0.15, 0.2) is 0 Å². The number of likely N-dealkylation sites (N-methyl/N-ethyl adjacent to an activating group) is 1. The molecule has 4 atom stereocenters. The largest absolute Gasteiger partial charge is 0.481 e. The highest BCUT2D eigenvalue weighted by Gasteiger charge is 2.37. The Kier molecular flexibility index (Phi) is 30.3. The fourth-order valence-electron chi connectivity index (χ4n) is 12.1. The van der Waals surface area contributed by atoms with Crippen molar-refractivity contribution in [3.8, 4) is 6.57 Å². The summed E-state index contributed by atoms with van der Waals surface area (Å²) in [6, 6.07) is 68.8. The van der Waals surface area contributed by atoms with Gasteiger partial charge >= 0.3 is 18.1 Å². The van der Waals surface area contributed by atoms with Crippen molar-refractivity contribution in [1.82, 2.24) is 5.32 Å². The minimum absolute atomic E-state index is 0.0558. The van der Waals surface area contributed by atoms with Crippen LogP contribution in [0.3, 0.4) is 0 Å². The second kappa shape index (κ2) is 38.1. The molecule has 8 N–H and O–H groups in total. The molecule has 4 unspecified atom stereocenters. The van der Waals surface area contributed by atoms with E-state index < -0.39 is 23.9 Å². The minimum atomic E-state index is -4.64. The summed E-state index contributed by atoms with van der Waals surface area (Å²) in [6.07, 6.45) is 2.15. The van der Waals surface area contributed by atoms with Crippen LogP contribution in [0, 0.1) is 11.8 Å². The zero-order valence-corrected chi connectivity index (χ0v) is 53.5. The molecule has 12 rings (SSSR count). The third-order valence-corrected chi connectivity index (χ3v) is 16.0. The quantitative estimate of drug-likeness (QED) is 0.0629. The molecule has 0 radical (unpaired) electrons. The molecule has 0 fully saturated rings. The predicted molar refractivity (Wildman–Crippen MR) is 368 cm³/mol. The van der Waals surface area contributed by atoms with Crippen LogP contribution in [-0.2, 0) is 38.4 Å². The first-order valence-electron chi connectivity index (χ1n) is 31.2. The number of aliphatic hydroxyl groups excluding tert-OH is 1. The van der Waals surface area contributed by atoms with E-state index in [4.69, 9.17) is 26.9 Å². The van der Waals surface area contributed by atoms with E-state index in [2.05, 4.69) is 174 Å². The molecule has 488 valence electrons. The van der Waals surface area contributed by atoms with Gasteiger partial charge in [-0.05, 0) is 118 Å². The SMILES string of the molecule is C#N.C=Cc1ccccc1.CC(=O)C(F)(F)F.CCN.CCNC(=O)Cc1cc2c3c(c1)C(c1ccccc1)CCN3CCC2c1ccccc1.CO.Nc1ccc(CC(=O)O)cc1.O=C(O)Cc1cc2c3c(c1)C(c1ccccc1)CCN3CCC2c1ccccc1. The number of ketones is 1. The Hall–Kier alpha value is -9.82. The molecule has 16 heteroatoms. The average molecular weight is 1270 g/mol. The summed E-state index contributed by atoms with van der Waals surface area (Å²) in [7, 11) is 1.00. The summed E-state index contributed by atoms with van der Waals surface area (Å²) in [5.41, 5.74) is 28.5. The van der Waals surface area contributed by atoms with Crippen LogP contribution in [0.5, 0.6) is 0 Å². The standard InChI is InChI=1S/C28H30N2O.C26H25NO2.C8H9NO2.C8H8.C3H3F3O.C2H7N.CHN.CH4O/c1-2-29-27(31)19-20-17-25-23(21-9-5-3-6-10-21)13-15-30-16-14-24(26(18-20)28(25)30)22-11-7-4-8-12-22;28-25(29)17-18-15-23-21(19-7-3-1-4-8-19)11-13-27-14-12-22(24(16-18)26(23)27)20-9-5-2-6-10-20;9-7-3-1-6(2-4-7)5-8(10)11;1-2-8-6-4-3-5-7-8;1-2(7)3(4,5)6;1-2-3;2*1-2/h3-12,17-18,23-24H,2,13-16,19H2,1H3,(H,29,31);1-10,15-16,21-22H,11-14,17H2,(H,28,29);1-4H,5,9H2,(H,10,11);2-7H,1H2;1H3;2-3H2,1H3;1H;2H,1H3. The Morgan fingerprint density at radius 3 is 1.08 bits per heavy atom. The highest BCUT2D eigenvalue weighted by molar-refractivity contribution is 5.81. The van der Waals surface area contributed by atoms with Gasteiger partial charge in [-0.1, -0.05) is 208 Å². The van der Waals surface area contributed by atoms with Crippen LogP contribution in [0.15, 0.2) is 207 Å². The molecular formula is C77H87F3N6O7. The summed E-state index contributed by atoms with van der Waals surface area (Å²) >= 11 is 0. The van der Waals surface area contributed by atoms with E-state index >= 15 is 0 Å². The normalized spacial score (nSPS) is 15.8. The Morgan fingerprint density at radius 2 is 0.817 bits per heavy atom. The number of halogens is 3. The number of hydrogen-bond acceptors (Lipinski definition) is 10. The molecular weight excluding hydrogens is 1180 g/mol. The summed E-state index contributed by atoms with van der Waals surface area (Å²) < 4.78 is 32.5. The van der Waals surface area contributed by atoms with E-state index in [1.54, 1.807) is 24.3 Å². The molecule has 0 aliphatic carbocycles. The number of carbonyl (C=O) groups is 4. The Labute approximate surface area is 545 Å². The van der Waals surface area contributed by atoms with Gasteiger partial charge in [-0.25, -0.2) is 5.26 Å². The number of anilines is 3. The monoisotopic (exact) mass is 1260 g/mol. The molecule has 4 aliphatic rings. The molecule has 0 saturated heterocycles. The summed E-state index contributed by atoms with van der Waals surface area (Å²) in [5.74, 6) is -1.83. The van der Waals surface area contributed by atoms with Crippen molar-refractivity contribution in [3.05, 3.63) is 274 Å². The summed E-state index contributed by atoms with van der Waals surface area (Å²) in [6.45, 7) is 17.2. The summed E-state index contributed by atoms with van der Waals surface area (Å²) in [4.78, 5) is 48.6. The van der Waals surface area contributed by atoms with Crippen molar-refractivity contribution in [2.45, 2.75) is 95.6 Å². The Bertz CT molecular complexity index is 3470. The van der Waals surface area contributed by atoms with Gasteiger partial charge in [0.05, 0.1) is 19.3 Å². The molecule has 8 aromatic carbocycles. The van der Waals surface area contributed by atoms with Crippen LogP contribution in [0.25, 0.3) is 6.08 Å². The first kappa shape index (κ1) is 73.9. The number of hydrogen-bond donors (Lipinski definition) is 6. The minimum Gasteiger partial charge on any atom is -0.481 e. The number of carboxylic acids is 2. The second-order valence-corrected chi connectivity index (χ2v) is 22.3. The molecule has 0 saturated carbocycles. The lowest BCUT2D eigenvalue weighted by molar-refractivity contribution is -0.168. The number of rotatable bonds is 12. The number of nitrogen functional groups attached to an aromatic ring is 1. The number of nitrogens with one attached hydrogen (secondary N) is 1. The van der Waals surface area contributed by atoms with E-state index in [0.717, 1.165) is 82.2 Å². The molecule has 93 heavy (non-hydrogen) atoms. The van der Waals surface area contributed by atoms with Gasteiger partial charge in [0, 0.05) is 94.1 Å². The number of nitriles is 1. The zero-order valence-electron chi connectivity index (χ0n) is 53.5. The van der Waals surface area contributed by atoms with Crippen LogP contribution >= 0.6 is 0 Å². The number of nitrogens with zero attached hydrogens (tertiary/aromatic N) is 3. The van der Waals surface area contributed by atoms with Crippen molar-refractivity contribution in [3.63, 3.8) is 0 Å². The molecule has 4 aliphatic heterocycles. The molecule has 1 amide bonds. The van der Waals surface area contributed by atoms with Crippen LogP contribution in [0.4, 0.5) is 30.2 Å². The van der Waals surface area contributed by atoms with E-state index in [0.29, 0.717) is 49.2 Å². The van der Waals surface area contributed by atoms with Crippen LogP contribution in [-0.4, -0.2) is 91.5 Å². The Balaban J connectivity index is 0.000000230. The van der Waals surface area contributed by atoms with Gasteiger partial charge in [-0.3, -0.25) is 19.2 Å². The number of carbonyl (C=O) groups excluding carboxylic acids is 2. The second-order valence-electron chi connectivity index (χ2n) is 22.3. The van der Waals surface area contributed by atoms with E-state index in [1.165, 1.54) is 61.4 Å². The van der Waals surface area contributed by atoms with Gasteiger partial charge < -0.3 is 41.9 Å². The fraction of sp³-hybridized carbons (Fsp3) is 0.286. The highest BCUT2D eigenvalue weighted by Crippen LogP contribution is 2.50. The summed E-state index contributed by atoms with van der Waals surface area (Å²) in [5, 5.41) is 34.3. The maximum atomic E-state index is 12.4.